The molecule has 0 saturated heterocycles. The van der Waals surface area contributed by atoms with E-state index in [0.717, 1.165) is 19.0 Å². The minimum absolute atomic E-state index is 0.260. The predicted molar refractivity (Wildman–Crippen MR) is 77.5 cm³/mol. The van der Waals surface area contributed by atoms with Crippen LogP contribution in [0, 0.1) is 17.2 Å². The standard InChI is InChI=1S/C16H22N2O2/c1-2-18(10-13-6-7-13)11-15(19)12-20-16-5-3-4-14(8-16)9-17/h3-5,8,13,15,19H,2,6-7,10-12H2,1H3. The van der Waals surface area contributed by atoms with Gasteiger partial charge in [-0.15, -0.1) is 0 Å². The zero-order valence-corrected chi connectivity index (χ0v) is 12.0. The van der Waals surface area contributed by atoms with Gasteiger partial charge in [0.25, 0.3) is 0 Å². The number of nitriles is 1. The number of ether oxygens (including phenoxy) is 1. The fourth-order valence-electron chi connectivity index (χ4n) is 2.20. The molecule has 1 fully saturated rings. The topological polar surface area (TPSA) is 56.5 Å². The van der Waals surface area contributed by atoms with Crippen molar-refractivity contribution in [1.29, 1.82) is 5.26 Å². The SMILES string of the molecule is CCN(CC(O)COc1cccc(C#N)c1)CC1CC1. The zero-order valence-electron chi connectivity index (χ0n) is 12.0. The molecule has 108 valence electrons. The second-order valence-electron chi connectivity index (χ2n) is 5.40. The van der Waals surface area contributed by atoms with E-state index < -0.39 is 6.10 Å². The highest BCUT2D eigenvalue weighted by atomic mass is 16.5. The van der Waals surface area contributed by atoms with E-state index in [4.69, 9.17) is 10.00 Å². The van der Waals surface area contributed by atoms with Crippen LogP contribution in [0.3, 0.4) is 0 Å². The Kier molecular flexibility index (Phi) is 5.40. The van der Waals surface area contributed by atoms with Crippen molar-refractivity contribution in [2.45, 2.75) is 25.9 Å². The first kappa shape index (κ1) is 14.8. The highest BCUT2D eigenvalue weighted by Crippen LogP contribution is 2.29. The van der Waals surface area contributed by atoms with E-state index in [1.54, 1.807) is 24.3 Å². The monoisotopic (exact) mass is 274 g/mol. The van der Waals surface area contributed by atoms with Crippen molar-refractivity contribution in [1.82, 2.24) is 4.90 Å². The molecule has 20 heavy (non-hydrogen) atoms. The number of hydrogen-bond donors (Lipinski definition) is 1. The lowest BCUT2D eigenvalue weighted by molar-refractivity contribution is 0.0684. The number of aliphatic hydroxyl groups is 1. The molecule has 1 aromatic rings. The van der Waals surface area contributed by atoms with Crippen molar-refractivity contribution in [3.63, 3.8) is 0 Å². The molecule has 2 rings (SSSR count). The lowest BCUT2D eigenvalue weighted by Gasteiger charge is -2.23. The number of benzene rings is 1. The molecule has 1 aromatic carbocycles. The minimum Gasteiger partial charge on any atom is -0.491 e. The number of rotatable bonds is 8. The van der Waals surface area contributed by atoms with Crippen LogP contribution in [0.4, 0.5) is 0 Å². The molecule has 4 nitrogen and oxygen atoms in total. The summed E-state index contributed by atoms with van der Waals surface area (Å²) in [6.07, 6.45) is 2.15. The molecule has 0 amide bonds. The van der Waals surface area contributed by atoms with Crippen LogP contribution in [0.2, 0.25) is 0 Å². The van der Waals surface area contributed by atoms with E-state index in [-0.39, 0.29) is 6.61 Å². The van der Waals surface area contributed by atoms with E-state index >= 15 is 0 Å². The zero-order chi connectivity index (χ0) is 14.4. The van der Waals surface area contributed by atoms with Gasteiger partial charge in [0.2, 0.25) is 0 Å². The maximum absolute atomic E-state index is 10.0. The maximum Gasteiger partial charge on any atom is 0.120 e. The van der Waals surface area contributed by atoms with Crippen LogP contribution in [0.5, 0.6) is 5.75 Å². The molecule has 1 aliphatic rings. The van der Waals surface area contributed by atoms with Crippen molar-refractivity contribution in [2.75, 3.05) is 26.2 Å². The first-order chi connectivity index (χ1) is 9.71. The van der Waals surface area contributed by atoms with Crippen LogP contribution < -0.4 is 4.74 Å². The summed E-state index contributed by atoms with van der Waals surface area (Å²) in [4.78, 5) is 2.28. The lowest BCUT2D eigenvalue weighted by Crippen LogP contribution is -2.36. The summed E-state index contributed by atoms with van der Waals surface area (Å²) in [6, 6.07) is 9.08. The van der Waals surface area contributed by atoms with Crippen molar-refractivity contribution in [3.8, 4) is 11.8 Å². The average molecular weight is 274 g/mol. The van der Waals surface area contributed by atoms with Crippen molar-refractivity contribution in [3.05, 3.63) is 29.8 Å². The fourth-order valence-corrected chi connectivity index (χ4v) is 2.20. The molecule has 1 aliphatic carbocycles. The molecular weight excluding hydrogens is 252 g/mol. The van der Waals surface area contributed by atoms with Crippen LogP contribution in [-0.2, 0) is 0 Å². The second kappa shape index (κ2) is 7.28. The molecule has 1 atom stereocenters. The van der Waals surface area contributed by atoms with Gasteiger partial charge in [-0.2, -0.15) is 5.26 Å². The van der Waals surface area contributed by atoms with Crippen LogP contribution >= 0.6 is 0 Å². The molecule has 0 spiro atoms. The van der Waals surface area contributed by atoms with E-state index in [9.17, 15) is 5.11 Å². The van der Waals surface area contributed by atoms with Gasteiger partial charge in [0, 0.05) is 13.1 Å². The van der Waals surface area contributed by atoms with Crippen molar-refractivity contribution >= 4 is 0 Å². The van der Waals surface area contributed by atoms with Gasteiger partial charge in [-0.25, -0.2) is 0 Å². The van der Waals surface area contributed by atoms with Crippen LogP contribution in [0.15, 0.2) is 24.3 Å². The maximum atomic E-state index is 10.0. The van der Waals surface area contributed by atoms with Crippen LogP contribution in [0.25, 0.3) is 0 Å². The van der Waals surface area contributed by atoms with E-state index in [2.05, 4.69) is 17.9 Å². The molecular formula is C16H22N2O2. The van der Waals surface area contributed by atoms with Gasteiger partial charge in [0.1, 0.15) is 18.5 Å². The Morgan fingerprint density at radius 1 is 1.50 bits per heavy atom. The smallest absolute Gasteiger partial charge is 0.120 e. The Labute approximate surface area is 120 Å². The van der Waals surface area contributed by atoms with Crippen LogP contribution in [-0.4, -0.2) is 42.4 Å². The molecule has 1 N–H and O–H groups in total. The van der Waals surface area contributed by atoms with Gasteiger partial charge in [0.05, 0.1) is 11.6 Å². The lowest BCUT2D eigenvalue weighted by atomic mass is 10.2. The number of nitrogens with zero attached hydrogens (tertiary/aromatic N) is 2. The van der Waals surface area contributed by atoms with Crippen molar-refractivity contribution in [2.24, 2.45) is 5.92 Å². The Bertz CT molecular complexity index is 466. The Hall–Kier alpha value is -1.57. The third-order valence-electron chi connectivity index (χ3n) is 3.54. The largest absolute Gasteiger partial charge is 0.491 e. The third kappa shape index (κ3) is 4.84. The third-order valence-corrected chi connectivity index (χ3v) is 3.54. The van der Waals surface area contributed by atoms with E-state index in [0.29, 0.717) is 17.9 Å². The second-order valence-corrected chi connectivity index (χ2v) is 5.40. The summed E-state index contributed by atoms with van der Waals surface area (Å²) in [7, 11) is 0. The van der Waals surface area contributed by atoms with Crippen molar-refractivity contribution < 1.29 is 9.84 Å². The molecule has 4 heteroatoms. The molecule has 1 saturated carbocycles. The quantitative estimate of drug-likeness (QED) is 0.788. The van der Waals surface area contributed by atoms with Gasteiger partial charge < -0.3 is 14.7 Å². The molecule has 0 aliphatic heterocycles. The average Bonchev–Trinajstić information content (AvgIpc) is 3.28. The van der Waals surface area contributed by atoms with Gasteiger partial charge in [0.15, 0.2) is 0 Å². The fraction of sp³-hybridized carbons (Fsp3) is 0.562. The Morgan fingerprint density at radius 2 is 2.30 bits per heavy atom. The minimum atomic E-state index is -0.501. The highest BCUT2D eigenvalue weighted by molar-refractivity contribution is 5.36. The highest BCUT2D eigenvalue weighted by Gasteiger charge is 2.24. The summed E-state index contributed by atoms with van der Waals surface area (Å²) in [5.74, 6) is 1.46. The van der Waals surface area contributed by atoms with Crippen LogP contribution in [0.1, 0.15) is 25.3 Å². The van der Waals surface area contributed by atoms with E-state index in [1.165, 1.54) is 12.8 Å². The molecule has 0 radical (unpaired) electrons. The van der Waals surface area contributed by atoms with Gasteiger partial charge in [-0.1, -0.05) is 13.0 Å². The summed E-state index contributed by atoms with van der Waals surface area (Å²) >= 11 is 0. The molecule has 0 aromatic heterocycles. The summed E-state index contributed by atoms with van der Waals surface area (Å²) in [6.45, 7) is 5.06. The molecule has 1 unspecified atom stereocenters. The number of hydrogen-bond acceptors (Lipinski definition) is 4. The van der Waals surface area contributed by atoms with E-state index in [1.807, 2.05) is 0 Å². The summed E-state index contributed by atoms with van der Waals surface area (Å²) in [5, 5.41) is 18.9. The Morgan fingerprint density at radius 3 is 2.95 bits per heavy atom. The van der Waals surface area contributed by atoms with Gasteiger partial charge in [-0.05, 0) is 43.5 Å². The summed E-state index contributed by atoms with van der Waals surface area (Å²) in [5.41, 5.74) is 0.570. The van der Waals surface area contributed by atoms with Gasteiger partial charge >= 0.3 is 0 Å². The predicted octanol–water partition coefficient (Wildman–Crippen LogP) is 2.03. The molecule has 0 heterocycles. The molecule has 0 bridgehead atoms. The first-order valence-corrected chi connectivity index (χ1v) is 7.24. The van der Waals surface area contributed by atoms with Gasteiger partial charge in [-0.3, -0.25) is 0 Å². The number of likely N-dealkylation sites (N-methyl/N-ethyl adjacent to an activating group) is 1. The normalized spacial score (nSPS) is 15.9. The first-order valence-electron chi connectivity index (χ1n) is 7.24. The summed E-state index contributed by atoms with van der Waals surface area (Å²) < 4.78 is 5.55. The Balaban J connectivity index is 1.75. The number of aliphatic hydroxyl groups excluding tert-OH is 1.